The molecule has 5 aromatic rings. The van der Waals surface area contributed by atoms with E-state index < -0.39 is 0 Å². The highest BCUT2D eigenvalue weighted by Crippen LogP contribution is 2.65. The van der Waals surface area contributed by atoms with Crippen LogP contribution in [0.1, 0.15) is 73.8 Å². The Bertz CT molecular complexity index is 1660. The van der Waals surface area contributed by atoms with Crippen LogP contribution in [0.2, 0.25) is 0 Å². The van der Waals surface area contributed by atoms with Gasteiger partial charge in [-0.3, -0.25) is 4.40 Å². The Morgan fingerprint density at radius 2 is 1.37 bits per heavy atom. The molecule has 174 valence electrons. The molecular weight excluding hydrogens is 424 g/mol. The van der Waals surface area contributed by atoms with Crippen LogP contribution in [0.25, 0.3) is 38.6 Å². The average molecular weight is 457 g/mol. The minimum Gasteiger partial charge on any atom is -0.295 e. The van der Waals surface area contributed by atoms with E-state index in [0.29, 0.717) is 0 Å². The zero-order valence-electron chi connectivity index (χ0n) is 20.8. The Balaban J connectivity index is 1.71. The molecule has 0 unspecified atom stereocenters. The highest BCUT2D eigenvalue weighted by atomic mass is 15.1. The van der Waals surface area contributed by atoms with E-state index in [-0.39, 0.29) is 10.8 Å². The van der Waals surface area contributed by atoms with Crippen LogP contribution >= 0.6 is 0 Å². The molecule has 2 aliphatic carbocycles. The summed E-state index contributed by atoms with van der Waals surface area (Å²) in [5.74, 6) is 0. The van der Waals surface area contributed by atoms with Gasteiger partial charge in [-0.1, -0.05) is 86.3 Å². The molecule has 0 N–H and O–H groups in total. The lowest BCUT2D eigenvalue weighted by Gasteiger charge is -2.59. The minimum absolute atomic E-state index is 0.180. The second-order valence-corrected chi connectivity index (χ2v) is 11.6. The average Bonchev–Trinajstić information content (AvgIpc) is 3.30. The van der Waals surface area contributed by atoms with Crippen molar-refractivity contribution in [3.05, 3.63) is 83.0 Å². The molecule has 2 saturated carbocycles. The van der Waals surface area contributed by atoms with Crippen LogP contribution in [0.5, 0.6) is 0 Å². The summed E-state index contributed by atoms with van der Waals surface area (Å²) in [4.78, 5) is 5.59. The van der Waals surface area contributed by atoms with Gasteiger partial charge in [0.05, 0.1) is 16.9 Å². The van der Waals surface area contributed by atoms with E-state index in [4.69, 9.17) is 4.98 Å². The maximum Gasteiger partial charge on any atom is 0.146 e. The highest BCUT2D eigenvalue weighted by molar-refractivity contribution is 6.16. The molecule has 2 aromatic heterocycles. The van der Waals surface area contributed by atoms with Crippen molar-refractivity contribution in [2.75, 3.05) is 0 Å². The molecule has 35 heavy (non-hydrogen) atoms. The molecule has 8 rings (SSSR count). The molecule has 2 fully saturated rings. The van der Waals surface area contributed by atoms with Gasteiger partial charge in [0.25, 0.3) is 0 Å². The summed E-state index contributed by atoms with van der Waals surface area (Å²) >= 11 is 0. The van der Waals surface area contributed by atoms with Crippen molar-refractivity contribution < 1.29 is 0 Å². The Hall–Kier alpha value is -3.13. The van der Waals surface area contributed by atoms with Gasteiger partial charge in [-0.05, 0) is 61.6 Å². The first-order chi connectivity index (χ1) is 17.2. The molecule has 1 aliphatic heterocycles. The van der Waals surface area contributed by atoms with Crippen molar-refractivity contribution in [3.8, 4) is 11.3 Å². The molecule has 3 heterocycles. The summed E-state index contributed by atoms with van der Waals surface area (Å²) in [6.07, 6.45) is 10.6. The normalized spacial score (nSPS) is 25.3. The highest BCUT2D eigenvalue weighted by Gasteiger charge is 2.60. The minimum atomic E-state index is 0.180. The van der Waals surface area contributed by atoms with E-state index in [1.54, 1.807) is 5.56 Å². The number of pyridine rings is 1. The van der Waals surface area contributed by atoms with Gasteiger partial charge in [0, 0.05) is 27.2 Å². The van der Waals surface area contributed by atoms with Crippen molar-refractivity contribution in [2.24, 2.45) is 0 Å². The molecule has 0 saturated heterocycles. The molecule has 0 spiro atoms. The fraction of sp³-hybridized carbons (Fsp3) is 0.364. The Kier molecular flexibility index (Phi) is 3.88. The maximum absolute atomic E-state index is 5.59. The van der Waals surface area contributed by atoms with Gasteiger partial charge >= 0.3 is 0 Å². The second kappa shape index (κ2) is 6.75. The van der Waals surface area contributed by atoms with Crippen LogP contribution in [0.4, 0.5) is 0 Å². The number of aryl methyl sites for hydroxylation is 2. The third-order valence-corrected chi connectivity index (χ3v) is 10.1. The summed E-state index contributed by atoms with van der Waals surface area (Å²) in [7, 11) is 0. The molecule has 0 radical (unpaired) electrons. The first-order valence-corrected chi connectivity index (χ1v) is 13.6. The lowest BCUT2D eigenvalue weighted by Crippen LogP contribution is -2.56. The van der Waals surface area contributed by atoms with Crippen LogP contribution in [-0.2, 0) is 10.8 Å². The summed E-state index contributed by atoms with van der Waals surface area (Å²) in [6, 6.07) is 22.8. The Labute approximate surface area is 207 Å². The fourth-order valence-corrected chi connectivity index (χ4v) is 8.77. The molecule has 0 amide bonds. The van der Waals surface area contributed by atoms with E-state index in [0.717, 1.165) is 0 Å². The third kappa shape index (κ3) is 2.25. The number of aromatic nitrogens is 2. The molecule has 0 atom stereocenters. The van der Waals surface area contributed by atoms with Gasteiger partial charge in [-0.15, -0.1) is 0 Å². The molecule has 0 bridgehead atoms. The van der Waals surface area contributed by atoms with Crippen molar-refractivity contribution in [3.63, 3.8) is 0 Å². The quantitative estimate of drug-likeness (QED) is 0.231. The third-order valence-electron chi connectivity index (χ3n) is 10.1. The van der Waals surface area contributed by atoms with Crippen molar-refractivity contribution in [1.82, 2.24) is 9.38 Å². The number of hydrogen-bond acceptors (Lipinski definition) is 1. The predicted molar refractivity (Wildman–Crippen MR) is 145 cm³/mol. The summed E-state index contributed by atoms with van der Waals surface area (Å²) in [5.41, 5.74) is 11.4. The topological polar surface area (TPSA) is 17.3 Å². The zero-order chi connectivity index (χ0) is 23.4. The van der Waals surface area contributed by atoms with Gasteiger partial charge in [0.1, 0.15) is 5.65 Å². The van der Waals surface area contributed by atoms with Crippen LogP contribution in [0, 0.1) is 13.8 Å². The largest absolute Gasteiger partial charge is 0.295 e. The molecule has 3 aromatic carbocycles. The number of nitrogens with zero attached hydrogens (tertiary/aromatic N) is 2. The van der Waals surface area contributed by atoms with Crippen molar-refractivity contribution in [1.29, 1.82) is 0 Å². The summed E-state index contributed by atoms with van der Waals surface area (Å²) < 4.78 is 2.67. The first-order valence-electron chi connectivity index (χ1n) is 13.6. The Morgan fingerprint density at radius 1 is 0.686 bits per heavy atom. The van der Waals surface area contributed by atoms with Crippen molar-refractivity contribution in [2.45, 2.75) is 76.0 Å². The Morgan fingerprint density at radius 3 is 2.11 bits per heavy atom. The number of hydrogen-bond donors (Lipinski definition) is 0. The smallest absolute Gasteiger partial charge is 0.146 e. The van der Waals surface area contributed by atoms with E-state index in [2.05, 4.69) is 78.9 Å². The number of rotatable bonds is 1. The number of benzene rings is 3. The van der Waals surface area contributed by atoms with Gasteiger partial charge in [-0.2, -0.15) is 0 Å². The van der Waals surface area contributed by atoms with Crippen LogP contribution < -0.4 is 0 Å². The van der Waals surface area contributed by atoms with Crippen molar-refractivity contribution >= 4 is 27.3 Å². The second-order valence-electron chi connectivity index (χ2n) is 11.6. The van der Waals surface area contributed by atoms with E-state index in [1.165, 1.54) is 107 Å². The standard InChI is InChI=1S/C33H32N2/c1-21-11-10-14-24-26-22(2)15-16-25-29(26)35-30(33-19-8-6-17-32(25,33)18-7-9-20-33)28(34-31(35)27(21)24)23-12-4-3-5-13-23/h3-5,10-16H,6-9,17-20H2,1-2H3. The summed E-state index contributed by atoms with van der Waals surface area (Å²) in [5, 5.41) is 4.16. The van der Waals surface area contributed by atoms with Crippen LogP contribution in [0.3, 0.4) is 0 Å². The molecule has 3 aliphatic rings. The monoisotopic (exact) mass is 456 g/mol. The van der Waals surface area contributed by atoms with Crippen LogP contribution in [0.15, 0.2) is 60.7 Å². The number of fused-ring (bicyclic) bond motifs is 3. The lowest BCUT2D eigenvalue weighted by atomic mass is 9.45. The SMILES string of the molecule is Cc1cccc2c1c1nc(-c3ccccc3)c3n1c1c(ccc(C)c21)C12CCCCC31CCCC2. The number of imidazole rings is 1. The zero-order valence-corrected chi connectivity index (χ0v) is 20.8. The predicted octanol–water partition coefficient (Wildman–Crippen LogP) is 8.56. The van der Waals surface area contributed by atoms with E-state index >= 15 is 0 Å². The van der Waals surface area contributed by atoms with Crippen LogP contribution in [-0.4, -0.2) is 9.38 Å². The molecular formula is C33H32N2. The first kappa shape index (κ1) is 20.1. The fourth-order valence-electron chi connectivity index (χ4n) is 8.77. The maximum atomic E-state index is 5.59. The lowest BCUT2D eigenvalue weighted by molar-refractivity contribution is 0.0746. The van der Waals surface area contributed by atoms with Gasteiger partial charge in [0.15, 0.2) is 0 Å². The summed E-state index contributed by atoms with van der Waals surface area (Å²) in [6.45, 7) is 4.57. The van der Waals surface area contributed by atoms with Gasteiger partial charge in [0.2, 0.25) is 0 Å². The van der Waals surface area contributed by atoms with Gasteiger partial charge < -0.3 is 0 Å². The molecule has 2 heteroatoms. The van der Waals surface area contributed by atoms with E-state index in [1.807, 2.05) is 0 Å². The van der Waals surface area contributed by atoms with Gasteiger partial charge in [-0.25, -0.2) is 4.98 Å². The van der Waals surface area contributed by atoms with E-state index in [9.17, 15) is 0 Å². The molecule has 2 nitrogen and oxygen atoms in total.